The fourth-order valence-corrected chi connectivity index (χ4v) is 1.28. The Morgan fingerprint density at radius 2 is 2.50 bits per heavy atom. The van der Waals surface area contributed by atoms with Crippen molar-refractivity contribution in [1.29, 1.82) is 0 Å². The SMILES string of the molecule is CCOCCCC(=O)NC(C)c1ncn[nH]1. The number of nitrogens with one attached hydrogen (secondary N) is 2. The normalized spacial score (nSPS) is 12.4. The van der Waals surface area contributed by atoms with E-state index in [-0.39, 0.29) is 11.9 Å². The topological polar surface area (TPSA) is 79.9 Å². The number of amides is 1. The molecule has 0 saturated heterocycles. The largest absolute Gasteiger partial charge is 0.382 e. The lowest BCUT2D eigenvalue weighted by Gasteiger charge is -2.10. The van der Waals surface area contributed by atoms with E-state index in [0.29, 0.717) is 25.5 Å². The van der Waals surface area contributed by atoms with Gasteiger partial charge in [0.15, 0.2) is 0 Å². The van der Waals surface area contributed by atoms with E-state index in [2.05, 4.69) is 20.5 Å². The first-order valence-electron chi connectivity index (χ1n) is 5.46. The molecule has 0 aromatic carbocycles. The van der Waals surface area contributed by atoms with Crippen molar-refractivity contribution < 1.29 is 9.53 Å². The summed E-state index contributed by atoms with van der Waals surface area (Å²) in [4.78, 5) is 15.5. The fourth-order valence-electron chi connectivity index (χ4n) is 1.28. The standard InChI is InChI=1S/C10H18N4O2/c1-3-16-6-4-5-9(15)13-8(2)10-11-7-12-14-10/h7-8H,3-6H2,1-2H3,(H,13,15)(H,11,12,14). The van der Waals surface area contributed by atoms with E-state index in [1.54, 1.807) is 0 Å². The molecule has 2 N–H and O–H groups in total. The summed E-state index contributed by atoms with van der Waals surface area (Å²) in [6, 6.07) is -0.137. The number of carbonyl (C=O) groups excluding carboxylic acids is 1. The Bertz CT molecular complexity index is 300. The Hall–Kier alpha value is -1.43. The van der Waals surface area contributed by atoms with Gasteiger partial charge in [-0.25, -0.2) is 4.98 Å². The molecular weight excluding hydrogens is 208 g/mol. The number of aromatic amines is 1. The average Bonchev–Trinajstić information content (AvgIpc) is 2.77. The van der Waals surface area contributed by atoms with Crippen LogP contribution in [0.2, 0.25) is 0 Å². The highest BCUT2D eigenvalue weighted by Gasteiger charge is 2.11. The summed E-state index contributed by atoms with van der Waals surface area (Å²) in [6.45, 7) is 5.11. The molecule has 1 aromatic heterocycles. The quantitative estimate of drug-likeness (QED) is 0.674. The predicted molar refractivity (Wildman–Crippen MR) is 58.7 cm³/mol. The highest BCUT2D eigenvalue weighted by atomic mass is 16.5. The zero-order valence-electron chi connectivity index (χ0n) is 9.69. The number of aromatic nitrogens is 3. The zero-order valence-corrected chi connectivity index (χ0v) is 9.69. The van der Waals surface area contributed by atoms with Crippen LogP contribution >= 0.6 is 0 Å². The maximum atomic E-state index is 11.5. The van der Waals surface area contributed by atoms with E-state index in [1.165, 1.54) is 6.33 Å². The minimum atomic E-state index is -0.137. The molecule has 1 aromatic rings. The van der Waals surface area contributed by atoms with Crippen LogP contribution in [0.25, 0.3) is 0 Å². The van der Waals surface area contributed by atoms with Crippen molar-refractivity contribution in [2.75, 3.05) is 13.2 Å². The molecule has 1 amide bonds. The molecule has 6 nitrogen and oxygen atoms in total. The van der Waals surface area contributed by atoms with Crippen molar-refractivity contribution in [3.63, 3.8) is 0 Å². The molecule has 0 radical (unpaired) electrons. The van der Waals surface area contributed by atoms with Crippen molar-refractivity contribution in [3.8, 4) is 0 Å². The summed E-state index contributed by atoms with van der Waals surface area (Å²) < 4.78 is 5.15. The molecule has 0 spiro atoms. The summed E-state index contributed by atoms with van der Waals surface area (Å²) in [5.41, 5.74) is 0. The van der Waals surface area contributed by atoms with E-state index in [1.807, 2.05) is 13.8 Å². The lowest BCUT2D eigenvalue weighted by atomic mass is 10.2. The van der Waals surface area contributed by atoms with E-state index in [0.717, 1.165) is 6.42 Å². The number of H-pyrrole nitrogens is 1. The monoisotopic (exact) mass is 226 g/mol. The molecule has 16 heavy (non-hydrogen) atoms. The van der Waals surface area contributed by atoms with Crippen LogP contribution in [0.3, 0.4) is 0 Å². The van der Waals surface area contributed by atoms with Gasteiger partial charge in [-0.2, -0.15) is 5.10 Å². The molecule has 1 heterocycles. The second-order valence-electron chi connectivity index (χ2n) is 3.46. The number of rotatable bonds is 7. The molecule has 0 aliphatic rings. The van der Waals surface area contributed by atoms with Gasteiger partial charge < -0.3 is 10.1 Å². The molecule has 90 valence electrons. The van der Waals surface area contributed by atoms with Crippen LogP contribution < -0.4 is 5.32 Å². The number of nitrogens with zero attached hydrogens (tertiary/aromatic N) is 2. The van der Waals surface area contributed by atoms with Crippen LogP contribution in [0.5, 0.6) is 0 Å². The van der Waals surface area contributed by atoms with E-state index >= 15 is 0 Å². The number of hydrogen-bond acceptors (Lipinski definition) is 4. The molecule has 1 unspecified atom stereocenters. The van der Waals surface area contributed by atoms with Crippen molar-refractivity contribution >= 4 is 5.91 Å². The Morgan fingerprint density at radius 3 is 3.12 bits per heavy atom. The Balaban J connectivity index is 2.19. The first-order chi connectivity index (χ1) is 7.74. The van der Waals surface area contributed by atoms with Gasteiger partial charge in [0.25, 0.3) is 0 Å². The number of ether oxygens (including phenoxy) is 1. The first kappa shape index (κ1) is 12.6. The lowest BCUT2D eigenvalue weighted by molar-refractivity contribution is -0.122. The van der Waals surface area contributed by atoms with Crippen molar-refractivity contribution in [1.82, 2.24) is 20.5 Å². The van der Waals surface area contributed by atoms with E-state index in [9.17, 15) is 4.79 Å². The third kappa shape index (κ3) is 4.39. The minimum Gasteiger partial charge on any atom is -0.382 e. The van der Waals surface area contributed by atoms with Crippen LogP contribution in [0.1, 0.15) is 38.6 Å². The molecule has 0 bridgehead atoms. The molecule has 0 fully saturated rings. The van der Waals surface area contributed by atoms with Gasteiger partial charge in [0, 0.05) is 19.6 Å². The summed E-state index contributed by atoms with van der Waals surface area (Å²) >= 11 is 0. The number of hydrogen-bond donors (Lipinski definition) is 2. The molecule has 0 aliphatic carbocycles. The van der Waals surface area contributed by atoms with Gasteiger partial charge in [0.1, 0.15) is 12.2 Å². The van der Waals surface area contributed by atoms with Crippen LogP contribution in [0, 0.1) is 0 Å². The van der Waals surface area contributed by atoms with Crippen molar-refractivity contribution in [2.24, 2.45) is 0 Å². The lowest BCUT2D eigenvalue weighted by Crippen LogP contribution is -2.27. The maximum absolute atomic E-state index is 11.5. The highest BCUT2D eigenvalue weighted by Crippen LogP contribution is 2.04. The van der Waals surface area contributed by atoms with Crippen LogP contribution in [0.4, 0.5) is 0 Å². The Labute approximate surface area is 94.8 Å². The van der Waals surface area contributed by atoms with Gasteiger partial charge in [0.2, 0.25) is 5.91 Å². The van der Waals surface area contributed by atoms with Crippen molar-refractivity contribution in [2.45, 2.75) is 32.7 Å². The van der Waals surface area contributed by atoms with Crippen LogP contribution in [-0.4, -0.2) is 34.3 Å². The van der Waals surface area contributed by atoms with Gasteiger partial charge in [-0.05, 0) is 20.3 Å². The zero-order chi connectivity index (χ0) is 11.8. The first-order valence-corrected chi connectivity index (χ1v) is 5.46. The summed E-state index contributed by atoms with van der Waals surface area (Å²) in [5, 5.41) is 9.28. The summed E-state index contributed by atoms with van der Waals surface area (Å²) in [5.74, 6) is 0.668. The Morgan fingerprint density at radius 1 is 1.69 bits per heavy atom. The number of carbonyl (C=O) groups is 1. The van der Waals surface area contributed by atoms with Crippen molar-refractivity contribution in [3.05, 3.63) is 12.2 Å². The second kappa shape index (κ2) is 6.95. The molecule has 0 saturated carbocycles. The molecular formula is C10H18N4O2. The minimum absolute atomic E-state index is 0.00334. The third-order valence-electron chi connectivity index (χ3n) is 2.12. The summed E-state index contributed by atoms with van der Waals surface area (Å²) in [7, 11) is 0. The predicted octanol–water partition coefficient (Wildman–Crippen LogP) is 0.799. The van der Waals surface area contributed by atoms with Crippen LogP contribution in [-0.2, 0) is 9.53 Å². The maximum Gasteiger partial charge on any atom is 0.220 e. The van der Waals surface area contributed by atoms with E-state index in [4.69, 9.17) is 4.74 Å². The van der Waals surface area contributed by atoms with Gasteiger partial charge in [-0.1, -0.05) is 0 Å². The van der Waals surface area contributed by atoms with Gasteiger partial charge in [0.05, 0.1) is 6.04 Å². The van der Waals surface area contributed by atoms with Gasteiger partial charge in [-0.3, -0.25) is 9.89 Å². The molecule has 6 heteroatoms. The van der Waals surface area contributed by atoms with Crippen LogP contribution in [0.15, 0.2) is 6.33 Å². The molecule has 1 rings (SSSR count). The average molecular weight is 226 g/mol. The highest BCUT2D eigenvalue weighted by molar-refractivity contribution is 5.76. The summed E-state index contributed by atoms with van der Waals surface area (Å²) in [6.07, 6.45) is 2.63. The second-order valence-corrected chi connectivity index (χ2v) is 3.46. The smallest absolute Gasteiger partial charge is 0.220 e. The Kier molecular flexibility index (Phi) is 5.49. The van der Waals surface area contributed by atoms with E-state index < -0.39 is 0 Å². The molecule has 1 atom stereocenters. The third-order valence-corrected chi connectivity index (χ3v) is 2.12. The fraction of sp³-hybridized carbons (Fsp3) is 0.700. The molecule has 0 aliphatic heterocycles. The van der Waals surface area contributed by atoms with Gasteiger partial charge in [-0.15, -0.1) is 0 Å². The van der Waals surface area contributed by atoms with Gasteiger partial charge >= 0.3 is 0 Å².